The van der Waals surface area contributed by atoms with Crippen molar-refractivity contribution in [2.45, 2.75) is 45.1 Å². The third kappa shape index (κ3) is 8.83. The molecular formula is C25H38IN3O4. The minimum atomic E-state index is -0.0164. The number of aliphatic imine (C=N–C) groups is 1. The van der Waals surface area contributed by atoms with Crippen molar-refractivity contribution >= 4 is 29.9 Å². The maximum atomic E-state index is 5.67. The fourth-order valence-electron chi connectivity index (χ4n) is 3.89. The van der Waals surface area contributed by atoms with Crippen molar-refractivity contribution in [1.82, 2.24) is 10.6 Å². The van der Waals surface area contributed by atoms with Gasteiger partial charge >= 0.3 is 0 Å². The van der Waals surface area contributed by atoms with Crippen LogP contribution in [-0.4, -0.2) is 52.0 Å². The Labute approximate surface area is 214 Å². The summed E-state index contributed by atoms with van der Waals surface area (Å²) in [7, 11) is 0. The second kappa shape index (κ2) is 15.2. The fraction of sp³-hybridized carbons (Fsp3) is 0.560. The monoisotopic (exact) mass is 571 g/mol. The number of rotatable bonds is 12. The molecule has 7 nitrogen and oxygen atoms in total. The summed E-state index contributed by atoms with van der Waals surface area (Å²) in [6, 6.07) is 12.3. The van der Waals surface area contributed by atoms with Gasteiger partial charge in [-0.3, -0.25) is 4.99 Å². The van der Waals surface area contributed by atoms with E-state index in [0.29, 0.717) is 26.4 Å². The zero-order chi connectivity index (χ0) is 22.5. The minimum absolute atomic E-state index is 0. The third-order valence-corrected chi connectivity index (χ3v) is 5.69. The summed E-state index contributed by atoms with van der Waals surface area (Å²) in [6.07, 6.45) is 4.48. The van der Waals surface area contributed by atoms with Crippen molar-refractivity contribution < 1.29 is 18.6 Å². The predicted molar refractivity (Wildman–Crippen MR) is 142 cm³/mol. The highest BCUT2D eigenvalue weighted by Gasteiger charge is 2.34. The molecule has 33 heavy (non-hydrogen) atoms. The van der Waals surface area contributed by atoms with E-state index < -0.39 is 0 Å². The molecule has 0 spiro atoms. The molecule has 1 aliphatic rings. The molecule has 0 aliphatic carbocycles. The highest BCUT2D eigenvalue weighted by molar-refractivity contribution is 14.0. The highest BCUT2D eigenvalue weighted by atomic mass is 127. The quantitative estimate of drug-likeness (QED) is 0.169. The predicted octanol–water partition coefficient (Wildman–Crippen LogP) is 4.51. The summed E-state index contributed by atoms with van der Waals surface area (Å²) in [5, 5.41) is 6.79. The van der Waals surface area contributed by atoms with Gasteiger partial charge in [-0.25, -0.2) is 0 Å². The topological polar surface area (TPSA) is 77.3 Å². The first-order valence-corrected chi connectivity index (χ1v) is 11.7. The molecule has 1 aromatic carbocycles. The van der Waals surface area contributed by atoms with Crippen LogP contribution in [0, 0.1) is 0 Å². The van der Waals surface area contributed by atoms with Crippen molar-refractivity contribution in [2.75, 3.05) is 46.1 Å². The zero-order valence-electron chi connectivity index (χ0n) is 19.8. The fourth-order valence-corrected chi connectivity index (χ4v) is 3.89. The number of hydrogen-bond acceptors (Lipinski definition) is 5. The number of guanidine groups is 1. The SMILES string of the molecule is CCNC(=NCC1(c2ccc(OCC)cc2)CCOCC1)NCCCOCc1ccco1.I. The van der Waals surface area contributed by atoms with Crippen molar-refractivity contribution in [3.63, 3.8) is 0 Å². The second-order valence-electron chi connectivity index (χ2n) is 7.96. The second-order valence-corrected chi connectivity index (χ2v) is 7.96. The average molecular weight is 572 g/mol. The molecule has 0 saturated carbocycles. The van der Waals surface area contributed by atoms with Crippen LogP contribution in [0.25, 0.3) is 0 Å². The van der Waals surface area contributed by atoms with E-state index in [9.17, 15) is 0 Å². The molecule has 0 amide bonds. The number of furan rings is 1. The van der Waals surface area contributed by atoms with Crippen molar-refractivity contribution in [2.24, 2.45) is 4.99 Å². The number of ether oxygens (including phenoxy) is 3. The molecule has 8 heteroatoms. The van der Waals surface area contributed by atoms with Gasteiger partial charge in [0.2, 0.25) is 0 Å². The molecule has 1 fully saturated rings. The van der Waals surface area contributed by atoms with Crippen LogP contribution in [0.5, 0.6) is 5.75 Å². The summed E-state index contributed by atoms with van der Waals surface area (Å²) >= 11 is 0. The van der Waals surface area contributed by atoms with Gasteiger partial charge in [0.1, 0.15) is 18.1 Å². The van der Waals surface area contributed by atoms with E-state index in [2.05, 4.69) is 41.8 Å². The first kappa shape index (κ1) is 27.5. The van der Waals surface area contributed by atoms with E-state index in [4.69, 9.17) is 23.6 Å². The van der Waals surface area contributed by atoms with Crippen LogP contribution >= 0.6 is 24.0 Å². The van der Waals surface area contributed by atoms with Gasteiger partial charge in [0, 0.05) is 38.3 Å². The van der Waals surface area contributed by atoms with Crippen molar-refractivity contribution in [3.05, 3.63) is 54.0 Å². The van der Waals surface area contributed by atoms with Gasteiger partial charge in [0.25, 0.3) is 0 Å². The first-order chi connectivity index (χ1) is 15.8. The lowest BCUT2D eigenvalue weighted by atomic mass is 9.74. The van der Waals surface area contributed by atoms with E-state index in [0.717, 1.165) is 63.0 Å². The van der Waals surface area contributed by atoms with Gasteiger partial charge in [0.15, 0.2) is 5.96 Å². The standard InChI is InChI=1S/C25H37N3O4.HI/c1-3-26-24(27-14-6-15-30-19-23-7-5-16-32-23)28-20-25(12-17-29-18-13-25)21-8-10-22(11-9-21)31-4-2;/h5,7-11,16H,3-4,6,12-15,17-20H2,1-2H3,(H2,26,27,28);1H. The van der Waals surface area contributed by atoms with Gasteiger partial charge in [-0.2, -0.15) is 0 Å². The van der Waals surface area contributed by atoms with E-state index in [1.807, 2.05) is 19.1 Å². The lowest BCUT2D eigenvalue weighted by molar-refractivity contribution is 0.0531. The first-order valence-electron chi connectivity index (χ1n) is 11.7. The Hall–Kier alpha value is -1.78. The Morgan fingerprint density at radius 2 is 1.88 bits per heavy atom. The van der Waals surface area contributed by atoms with Gasteiger partial charge in [-0.15, -0.1) is 24.0 Å². The maximum Gasteiger partial charge on any atom is 0.191 e. The van der Waals surface area contributed by atoms with E-state index in [-0.39, 0.29) is 29.4 Å². The van der Waals surface area contributed by atoms with E-state index in [1.165, 1.54) is 5.56 Å². The highest BCUT2D eigenvalue weighted by Crippen LogP contribution is 2.36. The molecule has 3 rings (SSSR count). The third-order valence-electron chi connectivity index (χ3n) is 5.69. The Kier molecular flexibility index (Phi) is 12.6. The molecule has 1 aromatic heterocycles. The minimum Gasteiger partial charge on any atom is -0.494 e. The molecule has 0 radical (unpaired) electrons. The van der Waals surface area contributed by atoms with Crippen LogP contribution in [0.1, 0.15) is 44.4 Å². The molecule has 2 N–H and O–H groups in total. The summed E-state index contributed by atoms with van der Waals surface area (Å²) in [5.74, 6) is 2.60. The van der Waals surface area contributed by atoms with Crippen molar-refractivity contribution in [1.29, 1.82) is 0 Å². The molecule has 0 bridgehead atoms. The summed E-state index contributed by atoms with van der Waals surface area (Å²) in [5.41, 5.74) is 1.28. The number of halogens is 1. The largest absolute Gasteiger partial charge is 0.494 e. The number of benzene rings is 1. The van der Waals surface area contributed by atoms with Gasteiger partial charge in [0.05, 0.1) is 19.4 Å². The molecule has 0 unspecified atom stereocenters. The smallest absolute Gasteiger partial charge is 0.191 e. The van der Waals surface area contributed by atoms with Crippen LogP contribution in [0.15, 0.2) is 52.1 Å². The van der Waals surface area contributed by atoms with Crippen LogP contribution in [0.3, 0.4) is 0 Å². The van der Waals surface area contributed by atoms with E-state index in [1.54, 1.807) is 6.26 Å². The Balaban J connectivity index is 0.00000385. The van der Waals surface area contributed by atoms with Crippen LogP contribution in [0.4, 0.5) is 0 Å². The summed E-state index contributed by atoms with van der Waals surface area (Å²) < 4.78 is 22.2. The number of nitrogens with one attached hydrogen (secondary N) is 2. The average Bonchev–Trinajstić information content (AvgIpc) is 3.34. The van der Waals surface area contributed by atoms with Crippen molar-refractivity contribution in [3.8, 4) is 5.75 Å². The molecule has 184 valence electrons. The Bertz CT molecular complexity index is 790. The number of hydrogen-bond donors (Lipinski definition) is 2. The van der Waals surface area contributed by atoms with Crippen LogP contribution in [0.2, 0.25) is 0 Å². The van der Waals surface area contributed by atoms with Gasteiger partial charge in [-0.1, -0.05) is 12.1 Å². The van der Waals surface area contributed by atoms with Crippen LogP contribution < -0.4 is 15.4 Å². The molecular weight excluding hydrogens is 533 g/mol. The normalized spacial score (nSPS) is 15.5. The Morgan fingerprint density at radius 3 is 2.55 bits per heavy atom. The van der Waals surface area contributed by atoms with Gasteiger partial charge in [-0.05, 0) is 62.9 Å². The summed E-state index contributed by atoms with van der Waals surface area (Å²) in [6.45, 7) is 9.79. The number of nitrogens with zero attached hydrogens (tertiary/aromatic N) is 1. The molecule has 2 heterocycles. The Morgan fingerprint density at radius 1 is 1.09 bits per heavy atom. The lowest BCUT2D eigenvalue weighted by Gasteiger charge is -2.36. The lowest BCUT2D eigenvalue weighted by Crippen LogP contribution is -2.41. The van der Waals surface area contributed by atoms with Gasteiger partial charge < -0.3 is 29.3 Å². The molecule has 1 aliphatic heterocycles. The van der Waals surface area contributed by atoms with Crippen LogP contribution in [-0.2, 0) is 21.5 Å². The van der Waals surface area contributed by atoms with E-state index >= 15 is 0 Å². The zero-order valence-corrected chi connectivity index (χ0v) is 22.1. The maximum absolute atomic E-state index is 5.67. The molecule has 0 atom stereocenters. The molecule has 1 saturated heterocycles. The molecule has 2 aromatic rings. The summed E-state index contributed by atoms with van der Waals surface area (Å²) in [4.78, 5) is 4.95.